The molecule has 4 nitrogen and oxygen atoms in total. The molecule has 0 amide bonds. The van der Waals surface area contributed by atoms with Crippen molar-refractivity contribution in [2.75, 3.05) is 13.2 Å². The first-order valence-electron chi connectivity index (χ1n) is 7.00. The second kappa shape index (κ2) is 6.37. The first kappa shape index (κ1) is 14.3. The normalized spacial score (nSPS) is 17.1. The van der Waals surface area contributed by atoms with E-state index >= 15 is 0 Å². The lowest BCUT2D eigenvalue weighted by Gasteiger charge is -2.30. The van der Waals surface area contributed by atoms with Gasteiger partial charge in [-0.1, -0.05) is 26.0 Å². The van der Waals surface area contributed by atoms with Crippen molar-refractivity contribution in [2.24, 2.45) is 11.8 Å². The highest BCUT2D eigenvalue weighted by Gasteiger charge is 2.26. The maximum Gasteiger partial charge on any atom is 0.122 e. The van der Waals surface area contributed by atoms with E-state index in [1.54, 1.807) is 0 Å². The van der Waals surface area contributed by atoms with Crippen LogP contribution >= 0.6 is 0 Å². The third-order valence-electron chi connectivity index (χ3n) is 3.60. The highest BCUT2D eigenvalue weighted by Crippen LogP contribution is 2.31. The summed E-state index contributed by atoms with van der Waals surface area (Å²) in [5, 5.41) is 0. The molecule has 19 heavy (non-hydrogen) atoms. The van der Waals surface area contributed by atoms with Gasteiger partial charge in [0, 0.05) is 13.0 Å². The Kier molecular flexibility index (Phi) is 4.80. The Morgan fingerprint density at radius 2 is 2.21 bits per heavy atom. The third-order valence-corrected chi connectivity index (χ3v) is 3.60. The molecule has 3 N–H and O–H groups in total. The minimum atomic E-state index is 0.00542. The fourth-order valence-electron chi connectivity index (χ4n) is 2.65. The van der Waals surface area contributed by atoms with Crippen LogP contribution in [-0.4, -0.2) is 19.3 Å². The molecule has 1 aliphatic rings. The van der Waals surface area contributed by atoms with E-state index in [1.165, 1.54) is 11.1 Å². The molecular weight excluding hydrogens is 240 g/mol. The largest absolute Gasteiger partial charge is 0.493 e. The summed E-state index contributed by atoms with van der Waals surface area (Å²) < 4.78 is 11.4. The number of nitrogens with one attached hydrogen (secondary N) is 1. The molecule has 0 spiro atoms. The maximum absolute atomic E-state index is 5.86. The van der Waals surface area contributed by atoms with E-state index in [-0.39, 0.29) is 12.1 Å². The summed E-state index contributed by atoms with van der Waals surface area (Å²) >= 11 is 0. The van der Waals surface area contributed by atoms with Gasteiger partial charge in [-0.05, 0) is 30.0 Å². The van der Waals surface area contributed by atoms with Gasteiger partial charge >= 0.3 is 0 Å². The third kappa shape index (κ3) is 3.08. The summed E-state index contributed by atoms with van der Waals surface area (Å²) in [6.07, 6.45) is 1.04. The Labute approximate surface area is 115 Å². The molecule has 1 aliphatic heterocycles. The molecule has 4 heteroatoms. The Morgan fingerprint density at radius 3 is 2.84 bits per heavy atom. The summed E-state index contributed by atoms with van der Waals surface area (Å²) in [4.78, 5) is 0. The zero-order valence-electron chi connectivity index (χ0n) is 12.0. The average Bonchev–Trinajstić information content (AvgIpc) is 2.85. The first-order chi connectivity index (χ1) is 9.17. The predicted molar refractivity (Wildman–Crippen MR) is 76.0 cm³/mol. The summed E-state index contributed by atoms with van der Waals surface area (Å²) in [5.74, 6) is 7.15. The highest BCUT2D eigenvalue weighted by atomic mass is 16.5. The van der Waals surface area contributed by atoms with Gasteiger partial charge in [-0.2, -0.15) is 0 Å². The topological polar surface area (TPSA) is 56.5 Å². The number of benzene rings is 1. The molecule has 2 rings (SSSR count). The molecule has 0 aromatic heterocycles. The van der Waals surface area contributed by atoms with Crippen LogP contribution in [0.4, 0.5) is 0 Å². The highest BCUT2D eigenvalue weighted by molar-refractivity contribution is 5.41. The van der Waals surface area contributed by atoms with E-state index in [0.717, 1.165) is 18.8 Å². The van der Waals surface area contributed by atoms with E-state index < -0.39 is 0 Å². The van der Waals surface area contributed by atoms with Crippen molar-refractivity contribution in [1.29, 1.82) is 0 Å². The Morgan fingerprint density at radius 1 is 1.42 bits per heavy atom. The van der Waals surface area contributed by atoms with E-state index in [4.69, 9.17) is 15.3 Å². The number of fused-ring (bicyclic) bond motifs is 1. The number of rotatable bonds is 6. The van der Waals surface area contributed by atoms with Crippen LogP contribution in [0.3, 0.4) is 0 Å². The Hall–Kier alpha value is -1.10. The smallest absolute Gasteiger partial charge is 0.122 e. The molecule has 106 valence electrons. The molecule has 2 atom stereocenters. The lowest BCUT2D eigenvalue weighted by molar-refractivity contribution is 0.00276. The minimum absolute atomic E-state index is 0.00542. The van der Waals surface area contributed by atoms with Crippen molar-refractivity contribution < 1.29 is 9.47 Å². The fourth-order valence-corrected chi connectivity index (χ4v) is 2.65. The molecule has 1 aromatic carbocycles. The molecule has 0 saturated carbocycles. The van der Waals surface area contributed by atoms with E-state index in [2.05, 4.69) is 31.4 Å². The molecule has 0 fully saturated rings. The van der Waals surface area contributed by atoms with Crippen LogP contribution in [0.1, 0.15) is 37.9 Å². The maximum atomic E-state index is 5.86. The van der Waals surface area contributed by atoms with Gasteiger partial charge in [-0.25, -0.2) is 0 Å². The second-order valence-corrected chi connectivity index (χ2v) is 5.27. The predicted octanol–water partition coefficient (Wildman–Crippen LogP) is 2.19. The molecular formula is C15H24N2O2. The Balaban J connectivity index is 2.25. The zero-order valence-corrected chi connectivity index (χ0v) is 12.0. The van der Waals surface area contributed by atoms with Crippen LogP contribution < -0.4 is 16.0 Å². The van der Waals surface area contributed by atoms with E-state index in [9.17, 15) is 0 Å². The standard InChI is InChI=1S/C15H24N2O2/c1-4-18-15(10(2)3)14(17-16)12-5-6-13-11(9-12)7-8-19-13/h5-6,9-10,14-15,17H,4,7-8,16H2,1-3H3. The van der Waals surface area contributed by atoms with Gasteiger partial charge in [-0.15, -0.1) is 0 Å². The second-order valence-electron chi connectivity index (χ2n) is 5.27. The SMILES string of the molecule is CCOC(C(C)C)C(NN)c1ccc2c(c1)CCO2. The van der Waals surface area contributed by atoms with Crippen LogP contribution in [0, 0.1) is 5.92 Å². The minimum Gasteiger partial charge on any atom is -0.493 e. The van der Waals surface area contributed by atoms with Gasteiger partial charge in [0.25, 0.3) is 0 Å². The average molecular weight is 264 g/mol. The van der Waals surface area contributed by atoms with E-state index in [0.29, 0.717) is 12.5 Å². The number of ether oxygens (including phenoxy) is 2. The lowest BCUT2D eigenvalue weighted by Crippen LogP contribution is -2.40. The van der Waals surface area contributed by atoms with Crippen molar-refractivity contribution in [2.45, 2.75) is 39.3 Å². The van der Waals surface area contributed by atoms with Crippen molar-refractivity contribution in [3.63, 3.8) is 0 Å². The molecule has 2 unspecified atom stereocenters. The quantitative estimate of drug-likeness (QED) is 0.611. The van der Waals surface area contributed by atoms with Gasteiger partial charge in [-0.3, -0.25) is 11.3 Å². The summed E-state index contributed by atoms with van der Waals surface area (Å²) in [6.45, 7) is 7.79. The molecule has 0 bridgehead atoms. The van der Waals surface area contributed by atoms with Crippen LogP contribution in [0.2, 0.25) is 0 Å². The van der Waals surface area contributed by atoms with Crippen molar-refractivity contribution in [3.05, 3.63) is 29.3 Å². The van der Waals surface area contributed by atoms with Crippen molar-refractivity contribution in [1.82, 2.24) is 5.43 Å². The van der Waals surface area contributed by atoms with Crippen LogP contribution in [-0.2, 0) is 11.2 Å². The number of nitrogens with two attached hydrogens (primary N) is 1. The summed E-state index contributed by atoms with van der Waals surface area (Å²) in [7, 11) is 0. The number of hydrogen-bond donors (Lipinski definition) is 2. The number of hydrogen-bond acceptors (Lipinski definition) is 4. The van der Waals surface area contributed by atoms with Crippen LogP contribution in [0.5, 0.6) is 5.75 Å². The Bertz CT molecular complexity index is 421. The summed E-state index contributed by atoms with van der Waals surface area (Å²) in [5.41, 5.74) is 5.34. The molecule has 1 heterocycles. The van der Waals surface area contributed by atoms with Gasteiger partial charge in [0.05, 0.1) is 18.8 Å². The van der Waals surface area contributed by atoms with Gasteiger partial charge in [0.1, 0.15) is 5.75 Å². The fraction of sp³-hybridized carbons (Fsp3) is 0.600. The van der Waals surface area contributed by atoms with Crippen molar-refractivity contribution in [3.8, 4) is 5.75 Å². The molecule has 0 saturated heterocycles. The number of hydrazine groups is 1. The van der Waals surface area contributed by atoms with Crippen LogP contribution in [0.15, 0.2) is 18.2 Å². The monoisotopic (exact) mass is 264 g/mol. The van der Waals surface area contributed by atoms with E-state index in [1.807, 2.05) is 13.0 Å². The van der Waals surface area contributed by atoms with Crippen LogP contribution in [0.25, 0.3) is 0 Å². The first-order valence-corrected chi connectivity index (χ1v) is 7.00. The lowest BCUT2D eigenvalue weighted by atomic mass is 9.92. The van der Waals surface area contributed by atoms with Crippen molar-refractivity contribution >= 4 is 0 Å². The molecule has 0 radical (unpaired) electrons. The van der Waals surface area contributed by atoms with Gasteiger partial charge < -0.3 is 9.47 Å². The zero-order chi connectivity index (χ0) is 13.8. The van der Waals surface area contributed by atoms with Gasteiger partial charge in [0.15, 0.2) is 0 Å². The van der Waals surface area contributed by atoms with Gasteiger partial charge in [0.2, 0.25) is 0 Å². The molecule has 1 aromatic rings. The molecule has 0 aliphatic carbocycles. The summed E-state index contributed by atoms with van der Waals surface area (Å²) in [6, 6.07) is 6.29.